The van der Waals surface area contributed by atoms with Crippen molar-refractivity contribution in [1.29, 1.82) is 0 Å². The first kappa shape index (κ1) is 20.9. The molecule has 1 aromatic heterocycles. The number of benzene rings is 3. The molecule has 0 aliphatic heterocycles. The molecule has 0 saturated heterocycles. The quantitative estimate of drug-likeness (QED) is 0.400. The van der Waals surface area contributed by atoms with Crippen LogP contribution < -0.4 is 5.32 Å². The van der Waals surface area contributed by atoms with Crippen LogP contribution in [-0.4, -0.2) is 20.7 Å². The summed E-state index contributed by atoms with van der Waals surface area (Å²) in [7, 11) is 0. The second-order valence-corrected chi connectivity index (χ2v) is 8.44. The molecule has 0 aliphatic carbocycles. The van der Waals surface area contributed by atoms with Gasteiger partial charge in [-0.2, -0.15) is 0 Å². The molecule has 0 radical (unpaired) electrons. The predicted molar refractivity (Wildman–Crippen MR) is 125 cm³/mol. The molecule has 0 bridgehead atoms. The van der Waals surface area contributed by atoms with E-state index >= 15 is 0 Å². The summed E-state index contributed by atoms with van der Waals surface area (Å²) in [5.41, 5.74) is 4.01. The maximum atomic E-state index is 13.3. The number of thioether (sulfide) groups is 1. The molecular weight excluding hydrogens is 404 g/mol. The minimum absolute atomic E-state index is 0.0908. The maximum absolute atomic E-state index is 13.3. The van der Waals surface area contributed by atoms with E-state index in [9.17, 15) is 4.79 Å². The number of rotatable bonds is 7. The van der Waals surface area contributed by atoms with E-state index in [1.54, 1.807) is 0 Å². The van der Waals surface area contributed by atoms with Crippen molar-refractivity contribution in [3.05, 3.63) is 107 Å². The SMILES string of the molecule is Cc1ccc(NC(=O)C(Sc2nnc(C)n2Cc2ccccc2)c2ccccc2)cc1. The van der Waals surface area contributed by atoms with Crippen LogP contribution in [0.25, 0.3) is 0 Å². The Balaban J connectivity index is 1.61. The van der Waals surface area contributed by atoms with E-state index in [1.165, 1.54) is 11.8 Å². The lowest BCUT2D eigenvalue weighted by atomic mass is 10.1. The molecule has 0 spiro atoms. The Bertz CT molecular complexity index is 1140. The lowest BCUT2D eigenvalue weighted by molar-refractivity contribution is -0.115. The summed E-state index contributed by atoms with van der Waals surface area (Å²) in [5.74, 6) is 0.726. The van der Waals surface area contributed by atoms with Gasteiger partial charge < -0.3 is 9.88 Å². The molecule has 1 amide bonds. The van der Waals surface area contributed by atoms with E-state index in [2.05, 4.69) is 32.2 Å². The Morgan fingerprint density at radius 2 is 1.55 bits per heavy atom. The Morgan fingerprint density at radius 3 is 2.23 bits per heavy atom. The lowest BCUT2D eigenvalue weighted by Gasteiger charge is -2.17. The van der Waals surface area contributed by atoms with E-state index < -0.39 is 5.25 Å². The van der Waals surface area contributed by atoms with Crippen LogP contribution in [-0.2, 0) is 11.3 Å². The minimum Gasteiger partial charge on any atom is -0.325 e. The molecule has 0 fully saturated rings. The summed E-state index contributed by atoms with van der Waals surface area (Å²) in [4.78, 5) is 13.3. The van der Waals surface area contributed by atoms with E-state index in [0.29, 0.717) is 11.7 Å². The molecule has 1 N–H and O–H groups in total. The monoisotopic (exact) mass is 428 g/mol. The molecule has 1 atom stereocenters. The van der Waals surface area contributed by atoms with E-state index in [1.807, 2.05) is 86.6 Å². The first-order valence-corrected chi connectivity index (χ1v) is 11.0. The molecular formula is C25H24N4OS. The average molecular weight is 429 g/mol. The Morgan fingerprint density at radius 1 is 0.903 bits per heavy atom. The van der Waals surface area contributed by atoms with Gasteiger partial charge in [0.1, 0.15) is 11.1 Å². The van der Waals surface area contributed by atoms with Crippen molar-refractivity contribution >= 4 is 23.4 Å². The minimum atomic E-state index is -0.458. The Kier molecular flexibility index (Phi) is 6.48. The van der Waals surface area contributed by atoms with Gasteiger partial charge in [-0.15, -0.1) is 10.2 Å². The molecule has 1 heterocycles. The number of nitrogens with one attached hydrogen (secondary N) is 1. The van der Waals surface area contributed by atoms with Crippen LogP contribution in [0.15, 0.2) is 90.1 Å². The zero-order chi connectivity index (χ0) is 21.6. The van der Waals surface area contributed by atoms with Crippen molar-refractivity contribution in [3.8, 4) is 0 Å². The zero-order valence-corrected chi connectivity index (χ0v) is 18.3. The second kappa shape index (κ2) is 9.62. The molecule has 4 rings (SSSR count). The first-order chi connectivity index (χ1) is 15.1. The van der Waals surface area contributed by atoms with Gasteiger partial charge in [0, 0.05) is 5.69 Å². The van der Waals surface area contributed by atoms with Crippen molar-refractivity contribution < 1.29 is 4.79 Å². The number of carbonyl (C=O) groups is 1. The number of aromatic nitrogens is 3. The summed E-state index contributed by atoms with van der Waals surface area (Å²) >= 11 is 1.42. The number of aryl methyl sites for hydroxylation is 2. The van der Waals surface area contributed by atoms with Gasteiger partial charge >= 0.3 is 0 Å². The highest BCUT2D eigenvalue weighted by atomic mass is 32.2. The fourth-order valence-electron chi connectivity index (χ4n) is 3.25. The molecule has 5 nitrogen and oxygen atoms in total. The zero-order valence-electron chi connectivity index (χ0n) is 17.5. The molecule has 0 saturated carbocycles. The van der Waals surface area contributed by atoms with Gasteiger partial charge in [0.2, 0.25) is 5.91 Å². The fourth-order valence-corrected chi connectivity index (χ4v) is 4.33. The highest BCUT2D eigenvalue weighted by Gasteiger charge is 2.25. The number of hydrogen-bond acceptors (Lipinski definition) is 4. The van der Waals surface area contributed by atoms with Crippen molar-refractivity contribution in [2.75, 3.05) is 5.32 Å². The van der Waals surface area contributed by atoms with Crippen LogP contribution >= 0.6 is 11.8 Å². The summed E-state index contributed by atoms with van der Waals surface area (Å²) in [6.45, 7) is 4.61. The normalized spacial score (nSPS) is 11.8. The third-order valence-electron chi connectivity index (χ3n) is 4.97. The Hall–Kier alpha value is -3.38. The second-order valence-electron chi connectivity index (χ2n) is 7.37. The average Bonchev–Trinajstić information content (AvgIpc) is 3.14. The van der Waals surface area contributed by atoms with Gasteiger partial charge in [-0.05, 0) is 37.1 Å². The number of hydrogen-bond donors (Lipinski definition) is 1. The standard InChI is InChI=1S/C25H24N4OS/c1-18-13-15-22(16-14-18)26-24(30)23(21-11-7-4-8-12-21)31-25-28-27-19(2)29(25)17-20-9-5-3-6-10-20/h3-16,23H,17H2,1-2H3,(H,26,30). The van der Waals surface area contributed by atoms with Crippen LogP contribution in [0.5, 0.6) is 0 Å². The molecule has 31 heavy (non-hydrogen) atoms. The van der Waals surface area contributed by atoms with Crippen LogP contribution in [0.1, 0.15) is 27.8 Å². The number of anilines is 1. The van der Waals surface area contributed by atoms with E-state index in [-0.39, 0.29) is 5.91 Å². The Labute approximate surface area is 186 Å². The molecule has 1 unspecified atom stereocenters. The van der Waals surface area contributed by atoms with Gasteiger partial charge in [-0.1, -0.05) is 90.1 Å². The number of amides is 1. The van der Waals surface area contributed by atoms with Crippen molar-refractivity contribution in [2.45, 2.75) is 30.8 Å². The topological polar surface area (TPSA) is 59.8 Å². The third-order valence-corrected chi connectivity index (χ3v) is 6.20. The van der Waals surface area contributed by atoms with Gasteiger partial charge in [-0.25, -0.2) is 0 Å². The molecule has 156 valence electrons. The van der Waals surface area contributed by atoms with Crippen molar-refractivity contribution in [1.82, 2.24) is 14.8 Å². The lowest BCUT2D eigenvalue weighted by Crippen LogP contribution is -2.19. The third kappa shape index (κ3) is 5.22. The van der Waals surface area contributed by atoms with Gasteiger partial charge in [0.25, 0.3) is 0 Å². The number of carbonyl (C=O) groups excluding carboxylic acids is 1. The first-order valence-electron chi connectivity index (χ1n) is 10.1. The predicted octanol–water partition coefficient (Wildman–Crippen LogP) is 5.42. The van der Waals surface area contributed by atoms with Crippen LogP contribution in [0.2, 0.25) is 0 Å². The summed E-state index contributed by atoms with van der Waals surface area (Å²) < 4.78 is 2.05. The highest BCUT2D eigenvalue weighted by Crippen LogP contribution is 2.36. The molecule has 3 aromatic carbocycles. The van der Waals surface area contributed by atoms with Gasteiger partial charge in [0.05, 0.1) is 6.54 Å². The molecule has 0 aliphatic rings. The van der Waals surface area contributed by atoms with Crippen LogP contribution in [0.3, 0.4) is 0 Å². The van der Waals surface area contributed by atoms with E-state index in [0.717, 1.165) is 28.2 Å². The molecule has 6 heteroatoms. The number of nitrogens with zero attached hydrogens (tertiary/aromatic N) is 3. The molecule has 4 aromatic rings. The van der Waals surface area contributed by atoms with Gasteiger partial charge in [-0.3, -0.25) is 4.79 Å². The van der Waals surface area contributed by atoms with Crippen molar-refractivity contribution in [2.24, 2.45) is 0 Å². The van der Waals surface area contributed by atoms with Crippen LogP contribution in [0.4, 0.5) is 5.69 Å². The smallest absolute Gasteiger partial charge is 0.242 e. The highest BCUT2D eigenvalue weighted by molar-refractivity contribution is 8.00. The fraction of sp³-hybridized carbons (Fsp3) is 0.160. The van der Waals surface area contributed by atoms with Crippen molar-refractivity contribution in [3.63, 3.8) is 0 Å². The summed E-state index contributed by atoms with van der Waals surface area (Å²) in [6, 6.07) is 27.8. The summed E-state index contributed by atoms with van der Waals surface area (Å²) in [5, 5.41) is 12.0. The maximum Gasteiger partial charge on any atom is 0.242 e. The summed E-state index contributed by atoms with van der Waals surface area (Å²) in [6.07, 6.45) is 0. The van der Waals surface area contributed by atoms with Gasteiger partial charge in [0.15, 0.2) is 5.16 Å². The van der Waals surface area contributed by atoms with E-state index in [4.69, 9.17) is 0 Å². The van der Waals surface area contributed by atoms with Crippen LogP contribution in [0, 0.1) is 13.8 Å². The largest absolute Gasteiger partial charge is 0.325 e.